The summed E-state index contributed by atoms with van der Waals surface area (Å²) in [7, 11) is 0. The van der Waals surface area contributed by atoms with E-state index in [1.165, 1.54) is 57.2 Å². The summed E-state index contributed by atoms with van der Waals surface area (Å²) in [4.78, 5) is 4.57. The van der Waals surface area contributed by atoms with Gasteiger partial charge in [-0.1, -0.05) is 52.4 Å². The molecule has 0 amide bonds. The van der Waals surface area contributed by atoms with Gasteiger partial charge in [0, 0.05) is 24.9 Å². The first-order valence-electron chi connectivity index (χ1n) is 8.21. The van der Waals surface area contributed by atoms with E-state index in [1.807, 2.05) is 12.4 Å². The van der Waals surface area contributed by atoms with Gasteiger partial charge in [0.1, 0.15) is 5.82 Å². The summed E-state index contributed by atoms with van der Waals surface area (Å²) in [5.74, 6) is 1.77. The fraction of sp³-hybridized carbons (Fsp3) is 0.765. The number of hydrogen-bond donors (Lipinski definition) is 0. The Balaban J connectivity index is 2.61. The number of aryl methyl sites for hydroxylation is 1. The summed E-state index contributed by atoms with van der Waals surface area (Å²) in [6, 6.07) is 2.23. The molecule has 1 aromatic heterocycles. The Bertz CT molecular complexity index is 389. The van der Waals surface area contributed by atoms with Crippen molar-refractivity contribution in [1.82, 2.24) is 9.55 Å². The van der Waals surface area contributed by atoms with Gasteiger partial charge in [0.15, 0.2) is 0 Å². The maximum atomic E-state index is 8.75. The number of hydrogen-bond acceptors (Lipinski definition) is 2. The molecule has 0 aliphatic carbocycles. The highest BCUT2D eigenvalue weighted by Gasteiger charge is 2.16. The van der Waals surface area contributed by atoms with Crippen LogP contribution in [0.5, 0.6) is 0 Å². The summed E-state index contributed by atoms with van der Waals surface area (Å²) in [5, 5.41) is 8.75. The average molecular weight is 275 g/mol. The van der Waals surface area contributed by atoms with Crippen LogP contribution in [0, 0.1) is 11.3 Å². The molecule has 0 aromatic carbocycles. The monoisotopic (exact) mass is 275 g/mol. The summed E-state index contributed by atoms with van der Waals surface area (Å²) in [6.45, 7) is 5.28. The van der Waals surface area contributed by atoms with Crippen molar-refractivity contribution in [2.75, 3.05) is 0 Å². The van der Waals surface area contributed by atoms with Crippen molar-refractivity contribution < 1.29 is 0 Å². The SMILES string of the molecule is CCCCCCC(CCCC)c1nccn1CCC#N. The highest BCUT2D eigenvalue weighted by molar-refractivity contribution is 5.01. The lowest BCUT2D eigenvalue weighted by Gasteiger charge is -2.17. The van der Waals surface area contributed by atoms with Crippen molar-refractivity contribution in [3.8, 4) is 6.07 Å². The summed E-state index contributed by atoms with van der Waals surface area (Å²) >= 11 is 0. The van der Waals surface area contributed by atoms with Gasteiger partial charge in [-0.05, 0) is 12.8 Å². The molecule has 1 aromatic rings. The maximum Gasteiger partial charge on any atom is 0.111 e. The van der Waals surface area contributed by atoms with Crippen LogP contribution in [0.25, 0.3) is 0 Å². The van der Waals surface area contributed by atoms with Gasteiger partial charge in [0.25, 0.3) is 0 Å². The van der Waals surface area contributed by atoms with Crippen molar-refractivity contribution in [2.45, 2.75) is 84.1 Å². The van der Waals surface area contributed by atoms with Gasteiger partial charge >= 0.3 is 0 Å². The fourth-order valence-electron chi connectivity index (χ4n) is 2.71. The molecule has 0 spiro atoms. The summed E-state index contributed by atoms with van der Waals surface area (Å²) in [6.07, 6.45) is 14.7. The van der Waals surface area contributed by atoms with E-state index >= 15 is 0 Å². The lowest BCUT2D eigenvalue weighted by Crippen LogP contribution is -2.09. The second-order valence-corrected chi connectivity index (χ2v) is 5.58. The average Bonchev–Trinajstić information content (AvgIpc) is 2.92. The molecular weight excluding hydrogens is 246 g/mol. The highest BCUT2D eigenvalue weighted by atomic mass is 15.1. The van der Waals surface area contributed by atoms with Crippen LogP contribution in [-0.4, -0.2) is 9.55 Å². The van der Waals surface area contributed by atoms with E-state index in [9.17, 15) is 0 Å². The third-order valence-electron chi connectivity index (χ3n) is 3.89. The van der Waals surface area contributed by atoms with Crippen LogP contribution in [0.3, 0.4) is 0 Å². The second-order valence-electron chi connectivity index (χ2n) is 5.58. The topological polar surface area (TPSA) is 41.6 Å². The molecule has 3 nitrogen and oxygen atoms in total. The molecule has 0 fully saturated rings. The van der Waals surface area contributed by atoms with Gasteiger partial charge in [-0.25, -0.2) is 4.98 Å². The zero-order chi connectivity index (χ0) is 14.6. The van der Waals surface area contributed by atoms with Crippen LogP contribution in [0.4, 0.5) is 0 Å². The standard InChI is InChI=1S/C17H29N3/c1-3-5-7-8-11-16(10-6-4-2)17-19-13-15-20(17)14-9-12-18/h13,15-16H,3-11,14H2,1-2H3. The van der Waals surface area contributed by atoms with Crippen molar-refractivity contribution in [1.29, 1.82) is 5.26 Å². The second kappa shape index (κ2) is 10.5. The molecule has 1 unspecified atom stereocenters. The third-order valence-corrected chi connectivity index (χ3v) is 3.89. The minimum Gasteiger partial charge on any atom is -0.334 e. The van der Waals surface area contributed by atoms with Crippen LogP contribution in [0.1, 0.15) is 83.4 Å². The van der Waals surface area contributed by atoms with Crippen LogP contribution >= 0.6 is 0 Å². The lowest BCUT2D eigenvalue weighted by molar-refractivity contribution is 0.470. The van der Waals surface area contributed by atoms with E-state index in [1.54, 1.807) is 0 Å². The highest BCUT2D eigenvalue weighted by Crippen LogP contribution is 2.27. The number of rotatable bonds is 11. The summed E-state index contributed by atoms with van der Waals surface area (Å²) < 4.78 is 2.18. The van der Waals surface area contributed by atoms with E-state index in [4.69, 9.17) is 5.26 Å². The molecular formula is C17H29N3. The van der Waals surface area contributed by atoms with Gasteiger partial charge in [0.2, 0.25) is 0 Å². The molecule has 0 saturated heterocycles. The van der Waals surface area contributed by atoms with Crippen LogP contribution < -0.4 is 0 Å². The molecule has 0 aliphatic heterocycles. The van der Waals surface area contributed by atoms with E-state index in [2.05, 4.69) is 29.5 Å². The van der Waals surface area contributed by atoms with Crippen LogP contribution in [0.15, 0.2) is 12.4 Å². The Kier molecular flexibility index (Phi) is 8.78. The number of aromatic nitrogens is 2. The van der Waals surface area contributed by atoms with E-state index < -0.39 is 0 Å². The molecule has 1 heterocycles. The molecule has 1 rings (SSSR count). The Labute approximate surface area is 124 Å². The minimum absolute atomic E-state index is 0.569. The first-order chi connectivity index (χ1) is 9.83. The van der Waals surface area contributed by atoms with Crippen molar-refractivity contribution in [3.63, 3.8) is 0 Å². The van der Waals surface area contributed by atoms with Crippen LogP contribution in [0.2, 0.25) is 0 Å². The Morgan fingerprint density at radius 3 is 2.60 bits per heavy atom. The van der Waals surface area contributed by atoms with E-state index in [0.29, 0.717) is 12.3 Å². The first kappa shape index (κ1) is 16.8. The zero-order valence-corrected chi connectivity index (χ0v) is 13.1. The van der Waals surface area contributed by atoms with Gasteiger partial charge in [-0.3, -0.25) is 0 Å². The number of imidazole rings is 1. The summed E-state index contributed by atoms with van der Waals surface area (Å²) in [5.41, 5.74) is 0. The predicted molar refractivity (Wildman–Crippen MR) is 83.5 cm³/mol. The molecule has 0 aliphatic rings. The largest absolute Gasteiger partial charge is 0.334 e. The minimum atomic E-state index is 0.569. The predicted octanol–water partition coefficient (Wildman–Crippen LogP) is 5.04. The molecule has 3 heteroatoms. The third kappa shape index (κ3) is 5.77. The fourth-order valence-corrected chi connectivity index (χ4v) is 2.71. The smallest absolute Gasteiger partial charge is 0.111 e. The molecule has 0 saturated carbocycles. The number of unbranched alkanes of at least 4 members (excludes halogenated alkanes) is 4. The molecule has 0 bridgehead atoms. The normalized spacial score (nSPS) is 12.2. The Morgan fingerprint density at radius 2 is 1.90 bits per heavy atom. The van der Waals surface area contributed by atoms with Gasteiger partial charge in [0.05, 0.1) is 12.5 Å². The maximum absolute atomic E-state index is 8.75. The van der Waals surface area contributed by atoms with Gasteiger partial charge in [-0.2, -0.15) is 5.26 Å². The lowest BCUT2D eigenvalue weighted by atomic mass is 9.94. The van der Waals surface area contributed by atoms with Gasteiger partial charge in [-0.15, -0.1) is 0 Å². The van der Waals surface area contributed by atoms with Crippen molar-refractivity contribution in [3.05, 3.63) is 18.2 Å². The van der Waals surface area contributed by atoms with Crippen molar-refractivity contribution in [2.24, 2.45) is 0 Å². The molecule has 1 atom stereocenters. The zero-order valence-electron chi connectivity index (χ0n) is 13.1. The quantitative estimate of drug-likeness (QED) is 0.531. The molecule has 0 radical (unpaired) electrons. The molecule has 112 valence electrons. The van der Waals surface area contributed by atoms with Gasteiger partial charge < -0.3 is 4.57 Å². The Morgan fingerprint density at radius 1 is 1.15 bits per heavy atom. The molecule has 20 heavy (non-hydrogen) atoms. The molecule has 0 N–H and O–H groups in total. The van der Waals surface area contributed by atoms with Crippen molar-refractivity contribution >= 4 is 0 Å². The van der Waals surface area contributed by atoms with E-state index in [0.717, 1.165) is 6.54 Å². The number of nitriles is 1. The first-order valence-corrected chi connectivity index (χ1v) is 8.21. The van der Waals surface area contributed by atoms with Crippen LogP contribution in [-0.2, 0) is 6.54 Å². The Hall–Kier alpha value is -1.30. The van der Waals surface area contributed by atoms with E-state index in [-0.39, 0.29) is 0 Å². The number of nitrogens with zero attached hydrogens (tertiary/aromatic N) is 3.